The van der Waals surface area contributed by atoms with Gasteiger partial charge in [0.15, 0.2) is 11.2 Å². The van der Waals surface area contributed by atoms with Gasteiger partial charge < -0.3 is 8.83 Å². The van der Waals surface area contributed by atoms with Crippen molar-refractivity contribution in [2.24, 2.45) is 0 Å². The molecule has 0 saturated heterocycles. The van der Waals surface area contributed by atoms with E-state index >= 15 is 0 Å². The van der Waals surface area contributed by atoms with Crippen molar-refractivity contribution in [1.82, 2.24) is 9.55 Å². The number of benzene rings is 8. The van der Waals surface area contributed by atoms with Crippen LogP contribution in [0.4, 0.5) is 0 Å². The minimum Gasteiger partial charge on any atom is -0.452 e. The molecule has 4 nitrogen and oxygen atoms in total. The van der Waals surface area contributed by atoms with Crippen LogP contribution in [-0.2, 0) is 0 Å². The number of para-hydroxylation sites is 3. The van der Waals surface area contributed by atoms with E-state index in [0.29, 0.717) is 0 Å². The number of imidazole rings is 1. The second-order valence-electron chi connectivity index (χ2n) is 13.2. The number of rotatable bonds is 4. The van der Waals surface area contributed by atoms with E-state index in [1.165, 1.54) is 21.9 Å². The maximum absolute atomic E-state index is 6.39. The van der Waals surface area contributed by atoms with E-state index in [9.17, 15) is 0 Å². The summed E-state index contributed by atoms with van der Waals surface area (Å²) in [6.45, 7) is 0. The highest BCUT2D eigenvalue weighted by Gasteiger charge is 2.17. The lowest BCUT2D eigenvalue weighted by molar-refractivity contribution is 0.633. The zero-order valence-electron chi connectivity index (χ0n) is 27.4. The first-order chi connectivity index (χ1) is 25.2. The van der Waals surface area contributed by atoms with E-state index in [-0.39, 0.29) is 0 Å². The third-order valence-electron chi connectivity index (χ3n) is 10.2. The Bertz CT molecular complexity index is 3140. The molecule has 0 saturated carbocycles. The number of aromatic nitrogens is 2. The lowest BCUT2D eigenvalue weighted by Gasteiger charge is -2.12. The molecule has 0 bridgehead atoms. The molecule has 0 amide bonds. The minimum absolute atomic E-state index is 0.795. The Kier molecular flexibility index (Phi) is 5.92. The predicted molar refractivity (Wildman–Crippen MR) is 209 cm³/mol. The molecule has 0 aliphatic carbocycles. The Balaban J connectivity index is 0.968. The van der Waals surface area contributed by atoms with Crippen molar-refractivity contribution in [3.05, 3.63) is 170 Å². The normalized spacial score (nSPS) is 11.9. The van der Waals surface area contributed by atoms with Gasteiger partial charge in [0.2, 0.25) is 0 Å². The van der Waals surface area contributed by atoms with Gasteiger partial charge in [0.05, 0.1) is 11.0 Å². The Morgan fingerprint density at radius 2 is 1.00 bits per heavy atom. The zero-order chi connectivity index (χ0) is 33.5. The van der Waals surface area contributed by atoms with E-state index < -0.39 is 0 Å². The Hall–Kier alpha value is -6.91. The molecule has 238 valence electrons. The average molecular weight is 653 g/mol. The SMILES string of the molecule is c1ccc(-c2nc3ccccc3n2-c2cccc(-c3ccc4cc(-c5ccc6oc7c(ccc8c9ccccc9oc87)c6c5)ccc4c3)c2)cc1. The standard InChI is InChI=1S/C47H28N2O2/c1-2-9-29(10-3-1)47-48-41-14-5-6-15-42(41)49(47)36-12-8-11-30(27-36)31-17-18-33-26-34(20-19-32(33)25-31)35-21-24-44-40(28-35)39-23-22-38-37-13-4-7-16-43(37)50-45(38)46(39)51-44/h1-28H. The molecule has 8 aromatic carbocycles. The van der Waals surface area contributed by atoms with Crippen molar-refractivity contribution < 1.29 is 8.83 Å². The Morgan fingerprint density at radius 3 is 1.80 bits per heavy atom. The molecule has 0 atom stereocenters. The van der Waals surface area contributed by atoms with Gasteiger partial charge in [0.25, 0.3) is 0 Å². The summed E-state index contributed by atoms with van der Waals surface area (Å²) in [6, 6.07) is 59.9. The summed E-state index contributed by atoms with van der Waals surface area (Å²) in [7, 11) is 0. The van der Waals surface area contributed by atoms with E-state index in [0.717, 1.165) is 83.1 Å². The maximum Gasteiger partial charge on any atom is 0.178 e. The van der Waals surface area contributed by atoms with Crippen molar-refractivity contribution in [1.29, 1.82) is 0 Å². The van der Waals surface area contributed by atoms with E-state index in [1.54, 1.807) is 0 Å². The molecule has 3 aromatic heterocycles. The average Bonchev–Trinajstić information content (AvgIpc) is 3.89. The maximum atomic E-state index is 6.39. The molecule has 0 aliphatic rings. The molecule has 51 heavy (non-hydrogen) atoms. The van der Waals surface area contributed by atoms with Crippen LogP contribution in [0.2, 0.25) is 0 Å². The fraction of sp³-hybridized carbons (Fsp3) is 0. The van der Waals surface area contributed by atoms with Gasteiger partial charge in [-0.15, -0.1) is 0 Å². The summed E-state index contributed by atoms with van der Waals surface area (Å²) >= 11 is 0. The van der Waals surface area contributed by atoms with Crippen LogP contribution in [0, 0.1) is 0 Å². The first-order valence-electron chi connectivity index (χ1n) is 17.2. The van der Waals surface area contributed by atoms with E-state index in [4.69, 9.17) is 13.8 Å². The summed E-state index contributed by atoms with van der Waals surface area (Å²) < 4.78 is 14.9. The number of hydrogen-bond donors (Lipinski definition) is 0. The van der Waals surface area contributed by atoms with Gasteiger partial charge in [-0.05, 0) is 99.8 Å². The van der Waals surface area contributed by atoms with Crippen molar-refractivity contribution in [3.8, 4) is 39.3 Å². The van der Waals surface area contributed by atoms with Gasteiger partial charge in [0.1, 0.15) is 17.0 Å². The highest BCUT2D eigenvalue weighted by molar-refractivity contribution is 6.19. The number of fused-ring (bicyclic) bond motifs is 9. The van der Waals surface area contributed by atoms with Gasteiger partial charge in [-0.25, -0.2) is 4.98 Å². The van der Waals surface area contributed by atoms with Crippen LogP contribution < -0.4 is 0 Å². The molecule has 4 heteroatoms. The van der Waals surface area contributed by atoms with Gasteiger partial charge in [-0.1, -0.05) is 103 Å². The van der Waals surface area contributed by atoms with Gasteiger partial charge in [-0.2, -0.15) is 0 Å². The third kappa shape index (κ3) is 4.37. The van der Waals surface area contributed by atoms with Gasteiger partial charge in [0, 0.05) is 32.8 Å². The molecule has 0 N–H and O–H groups in total. The summed E-state index contributed by atoms with van der Waals surface area (Å²) in [5, 5.41) is 6.71. The highest BCUT2D eigenvalue weighted by Crippen LogP contribution is 2.40. The van der Waals surface area contributed by atoms with Crippen LogP contribution in [0.5, 0.6) is 0 Å². The molecule has 0 fully saturated rings. The van der Waals surface area contributed by atoms with Crippen LogP contribution in [-0.4, -0.2) is 9.55 Å². The molecule has 3 heterocycles. The molecule has 11 rings (SSSR count). The Labute approximate surface area is 292 Å². The van der Waals surface area contributed by atoms with Crippen molar-refractivity contribution >= 4 is 65.7 Å². The first-order valence-corrected chi connectivity index (χ1v) is 17.2. The topological polar surface area (TPSA) is 44.1 Å². The lowest BCUT2D eigenvalue weighted by Crippen LogP contribution is -1.98. The zero-order valence-corrected chi connectivity index (χ0v) is 27.4. The van der Waals surface area contributed by atoms with Gasteiger partial charge >= 0.3 is 0 Å². The largest absolute Gasteiger partial charge is 0.452 e. The quantitative estimate of drug-likeness (QED) is 0.190. The molecular weight excluding hydrogens is 625 g/mol. The summed E-state index contributed by atoms with van der Waals surface area (Å²) in [4.78, 5) is 5.04. The Morgan fingerprint density at radius 1 is 0.392 bits per heavy atom. The lowest BCUT2D eigenvalue weighted by atomic mass is 9.97. The number of hydrogen-bond acceptors (Lipinski definition) is 3. The first kappa shape index (κ1) is 28.0. The van der Waals surface area contributed by atoms with Crippen LogP contribution in [0.1, 0.15) is 0 Å². The molecule has 0 spiro atoms. The predicted octanol–water partition coefficient (Wildman–Crippen LogP) is 13.0. The smallest absolute Gasteiger partial charge is 0.178 e. The minimum atomic E-state index is 0.795. The second-order valence-corrected chi connectivity index (χ2v) is 13.2. The van der Waals surface area contributed by atoms with E-state index in [1.807, 2.05) is 30.3 Å². The third-order valence-corrected chi connectivity index (χ3v) is 10.2. The monoisotopic (exact) mass is 652 g/mol. The fourth-order valence-electron chi connectivity index (χ4n) is 7.69. The van der Waals surface area contributed by atoms with Crippen LogP contribution in [0.3, 0.4) is 0 Å². The molecule has 11 aromatic rings. The summed E-state index contributed by atoms with van der Waals surface area (Å²) in [5.74, 6) is 0.935. The van der Waals surface area contributed by atoms with Crippen molar-refractivity contribution in [2.45, 2.75) is 0 Å². The van der Waals surface area contributed by atoms with Gasteiger partial charge in [-0.3, -0.25) is 4.57 Å². The van der Waals surface area contributed by atoms with Crippen molar-refractivity contribution in [2.75, 3.05) is 0 Å². The molecular formula is C47H28N2O2. The molecule has 0 aliphatic heterocycles. The van der Waals surface area contributed by atoms with Crippen LogP contribution >= 0.6 is 0 Å². The number of furan rings is 2. The second kappa shape index (κ2) is 10.8. The van der Waals surface area contributed by atoms with Crippen LogP contribution in [0.25, 0.3) is 105 Å². The fourth-order valence-corrected chi connectivity index (χ4v) is 7.69. The van der Waals surface area contributed by atoms with Crippen molar-refractivity contribution in [3.63, 3.8) is 0 Å². The molecule has 0 radical (unpaired) electrons. The molecule has 0 unspecified atom stereocenters. The number of nitrogens with zero attached hydrogens (tertiary/aromatic N) is 2. The summed E-state index contributed by atoms with van der Waals surface area (Å²) in [6.07, 6.45) is 0. The highest BCUT2D eigenvalue weighted by atomic mass is 16.4. The summed E-state index contributed by atoms with van der Waals surface area (Å²) in [5.41, 5.74) is 12.2. The van der Waals surface area contributed by atoms with Crippen LogP contribution in [0.15, 0.2) is 179 Å². The van der Waals surface area contributed by atoms with E-state index in [2.05, 4.69) is 144 Å².